The van der Waals surface area contributed by atoms with Gasteiger partial charge in [-0.2, -0.15) is 0 Å². The number of ether oxygens (including phenoxy) is 1. The number of aromatic carboxylic acids is 1. The monoisotopic (exact) mass is 521 g/mol. The van der Waals surface area contributed by atoms with E-state index in [0.717, 1.165) is 50.5 Å². The van der Waals surface area contributed by atoms with Crippen LogP contribution < -0.4 is 5.32 Å². The van der Waals surface area contributed by atoms with E-state index in [1.807, 2.05) is 6.08 Å². The summed E-state index contributed by atoms with van der Waals surface area (Å²) in [5.41, 5.74) is 2.48. The molecule has 7 nitrogen and oxygen atoms in total. The quantitative estimate of drug-likeness (QED) is 0.476. The Kier molecular flexibility index (Phi) is 7.23. The van der Waals surface area contributed by atoms with E-state index in [4.69, 9.17) is 9.84 Å². The SMILES string of the molecule is C[C@]12CC[C@@H]3[C@H](CCC4=CC(=O)CC[C@@]43C)[C@H]1CC[C@H]2OC(=O)CCC(=O)NCc1ccc(C(=O)O)cc1. The molecule has 5 rings (SSSR count). The van der Waals surface area contributed by atoms with Crippen LogP contribution in [0.15, 0.2) is 35.9 Å². The summed E-state index contributed by atoms with van der Waals surface area (Å²) in [6.45, 7) is 4.97. The zero-order valence-electron chi connectivity index (χ0n) is 22.5. The molecule has 0 saturated heterocycles. The maximum atomic E-state index is 12.8. The highest BCUT2D eigenvalue weighted by atomic mass is 16.5. The van der Waals surface area contributed by atoms with E-state index < -0.39 is 5.97 Å². The van der Waals surface area contributed by atoms with Crippen LogP contribution in [0.4, 0.5) is 0 Å². The summed E-state index contributed by atoms with van der Waals surface area (Å²) in [6.07, 6.45) is 9.83. The van der Waals surface area contributed by atoms with Gasteiger partial charge in [-0.15, -0.1) is 0 Å². The molecule has 0 aliphatic heterocycles. The minimum Gasteiger partial charge on any atom is -0.478 e. The summed E-state index contributed by atoms with van der Waals surface area (Å²) >= 11 is 0. The highest BCUT2D eigenvalue weighted by Gasteiger charge is 2.59. The molecular weight excluding hydrogens is 482 g/mol. The Morgan fingerprint density at radius 1 is 0.974 bits per heavy atom. The predicted molar refractivity (Wildman–Crippen MR) is 141 cm³/mol. The van der Waals surface area contributed by atoms with Crippen molar-refractivity contribution in [2.45, 2.75) is 90.7 Å². The Balaban J connectivity index is 1.12. The van der Waals surface area contributed by atoms with Gasteiger partial charge < -0.3 is 15.2 Å². The molecular formula is C31H39NO6. The Morgan fingerprint density at radius 2 is 1.74 bits per heavy atom. The van der Waals surface area contributed by atoms with Crippen molar-refractivity contribution in [2.24, 2.45) is 28.6 Å². The number of rotatable bonds is 7. The molecule has 4 aliphatic rings. The molecule has 3 fully saturated rings. The van der Waals surface area contributed by atoms with Gasteiger partial charge in [0.1, 0.15) is 6.10 Å². The van der Waals surface area contributed by atoms with Crippen molar-refractivity contribution < 1.29 is 29.0 Å². The largest absolute Gasteiger partial charge is 0.478 e. The Bertz CT molecular complexity index is 1160. The standard InChI is InChI=1S/C31H39NO6/c1-30-15-13-22(33)17-21(30)7-8-23-24-9-10-26(31(24,2)16-14-25(23)30)38-28(35)12-11-27(34)32-18-19-3-5-20(6-4-19)29(36)37/h3-6,17,23-26H,7-16,18H2,1-2H3,(H,32,34)(H,36,37)/t23-,24-,25-,26-,30+,31+/m1/s1. The van der Waals surface area contributed by atoms with Crippen LogP contribution in [0.1, 0.15) is 94.0 Å². The highest BCUT2D eigenvalue weighted by Crippen LogP contribution is 2.65. The lowest BCUT2D eigenvalue weighted by atomic mass is 9.47. The first-order valence-electron chi connectivity index (χ1n) is 14.1. The molecule has 1 aromatic rings. The summed E-state index contributed by atoms with van der Waals surface area (Å²) in [6, 6.07) is 6.34. The second kappa shape index (κ2) is 10.3. The second-order valence-corrected chi connectivity index (χ2v) is 12.3. The molecule has 0 bridgehead atoms. The van der Waals surface area contributed by atoms with Gasteiger partial charge in [-0.25, -0.2) is 4.79 Å². The second-order valence-electron chi connectivity index (χ2n) is 12.3. The van der Waals surface area contributed by atoms with Gasteiger partial charge in [-0.3, -0.25) is 14.4 Å². The summed E-state index contributed by atoms with van der Waals surface area (Å²) in [4.78, 5) is 48.1. The average molecular weight is 522 g/mol. The van der Waals surface area contributed by atoms with Crippen molar-refractivity contribution in [3.8, 4) is 0 Å². The summed E-state index contributed by atoms with van der Waals surface area (Å²) in [7, 11) is 0. The molecule has 38 heavy (non-hydrogen) atoms. The van der Waals surface area contributed by atoms with Crippen LogP contribution in [0, 0.1) is 28.6 Å². The number of amides is 1. The van der Waals surface area contributed by atoms with E-state index in [1.54, 1.807) is 12.1 Å². The van der Waals surface area contributed by atoms with Crippen molar-refractivity contribution in [3.05, 3.63) is 47.0 Å². The summed E-state index contributed by atoms with van der Waals surface area (Å²) in [5.74, 6) is 0.501. The van der Waals surface area contributed by atoms with Gasteiger partial charge in [0.25, 0.3) is 0 Å². The first-order chi connectivity index (χ1) is 18.1. The summed E-state index contributed by atoms with van der Waals surface area (Å²) in [5, 5.41) is 11.8. The van der Waals surface area contributed by atoms with E-state index in [2.05, 4.69) is 19.2 Å². The minimum absolute atomic E-state index is 0.0245. The number of carbonyl (C=O) groups excluding carboxylic acids is 3. The van der Waals surface area contributed by atoms with E-state index >= 15 is 0 Å². The maximum Gasteiger partial charge on any atom is 0.335 e. The number of ketones is 1. The van der Waals surface area contributed by atoms with Crippen molar-refractivity contribution in [3.63, 3.8) is 0 Å². The van der Waals surface area contributed by atoms with Crippen LogP contribution in [0.5, 0.6) is 0 Å². The molecule has 4 aliphatic carbocycles. The van der Waals surface area contributed by atoms with Crippen LogP contribution in [0.3, 0.4) is 0 Å². The molecule has 0 radical (unpaired) electrons. The number of esters is 1. The Hall–Kier alpha value is -2.96. The average Bonchev–Trinajstić information content (AvgIpc) is 3.22. The third-order valence-corrected chi connectivity index (χ3v) is 10.4. The highest BCUT2D eigenvalue weighted by molar-refractivity contribution is 5.91. The van der Waals surface area contributed by atoms with Crippen molar-refractivity contribution in [2.75, 3.05) is 0 Å². The van der Waals surface area contributed by atoms with Gasteiger partial charge in [0.15, 0.2) is 5.78 Å². The number of hydrogen-bond donors (Lipinski definition) is 2. The van der Waals surface area contributed by atoms with Gasteiger partial charge in [-0.1, -0.05) is 31.6 Å². The molecule has 0 heterocycles. The van der Waals surface area contributed by atoms with Crippen LogP contribution in [0.2, 0.25) is 0 Å². The van der Waals surface area contributed by atoms with Gasteiger partial charge >= 0.3 is 11.9 Å². The molecule has 2 N–H and O–H groups in total. The molecule has 6 atom stereocenters. The van der Waals surface area contributed by atoms with E-state index in [0.29, 0.717) is 24.2 Å². The van der Waals surface area contributed by atoms with Gasteiger partial charge in [0.05, 0.1) is 12.0 Å². The fourth-order valence-corrected chi connectivity index (χ4v) is 8.19. The molecule has 0 unspecified atom stereocenters. The van der Waals surface area contributed by atoms with E-state index in [-0.39, 0.29) is 59.5 Å². The van der Waals surface area contributed by atoms with Crippen molar-refractivity contribution in [1.82, 2.24) is 5.32 Å². The molecule has 7 heteroatoms. The van der Waals surface area contributed by atoms with Gasteiger partial charge in [-0.05, 0) is 91.9 Å². The maximum absolute atomic E-state index is 12.8. The minimum atomic E-state index is -0.990. The Labute approximate surface area is 224 Å². The number of carbonyl (C=O) groups is 4. The van der Waals surface area contributed by atoms with Crippen LogP contribution in [0.25, 0.3) is 0 Å². The smallest absolute Gasteiger partial charge is 0.335 e. The topological polar surface area (TPSA) is 110 Å². The lowest BCUT2D eigenvalue weighted by molar-refractivity contribution is -0.160. The van der Waals surface area contributed by atoms with E-state index in [9.17, 15) is 19.2 Å². The first-order valence-corrected chi connectivity index (χ1v) is 14.1. The van der Waals surface area contributed by atoms with Crippen LogP contribution in [-0.2, 0) is 25.7 Å². The normalized spacial score (nSPS) is 33.8. The third kappa shape index (κ3) is 4.92. The zero-order valence-corrected chi connectivity index (χ0v) is 22.5. The van der Waals surface area contributed by atoms with Crippen molar-refractivity contribution in [1.29, 1.82) is 0 Å². The number of nitrogens with one attached hydrogen (secondary N) is 1. The predicted octanol–water partition coefficient (Wildman–Crippen LogP) is 5.22. The fourth-order valence-electron chi connectivity index (χ4n) is 8.19. The van der Waals surface area contributed by atoms with Crippen LogP contribution >= 0.6 is 0 Å². The number of carboxylic acid groups (broad SMARTS) is 1. The lowest BCUT2D eigenvalue weighted by Crippen LogP contribution is -2.51. The molecule has 0 spiro atoms. The summed E-state index contributed by atoms with van der Waals surface area (Å²) < 4.78 is 6.03. The fraction of sp³-hybridized carbons (Fsp3) is 0.613. The van der Waals surface area contributed by atoms with Crippen molar-refractivity contribution >= 4 is 23.6 Å². The number of allylic oxidation sites excluding steroid dienone is 1. The van der Waals surface area contributed by atoms with Crippen LogP contribution in [-0.4, -0.2) is 34.8 Å². The zero-order chi connectivity index (χ0) is 27.1. The van der Waals surface area contributed by atoms with Gasteiger partial charge in [0, 0.05) is 24.8 Å². The molecule has 1 amide bonds. The lowest BCUT2D eigenvalue weighted by Gasteiger charge is -2.57. The number of hydrogen-bond acceptors (Lipinski definition) is 5. The molecule has 3 saturated carbocycles. The number of carboxylic acids is 1. The number of fused-ring (bicyclic) bond motifs is 5. The molecule has 1 aromatic carbocycles. The third-order valence-electron chi connectivity index (χ3n) is 10.4. The first kappa shape index (κ1) is 26.6. The Morgan fingerprint density at radius 3 is 2.47 bits per heavy atom. The van der Waals surface area contributed by atoms with Gasteiger partial charge in [0.2, 0.25) is 5.91 Å². The molecule has 204 valence electrons. The van der Waals surface area contributed by atoms with E-state index in [1.165, 1.54) is 17.7 Å². The molecule has 0 aromatic heterocycles. The number of benzene rings is 1.